The van der Waals surface area contributed by atoms with E-state index in [1.807, 2.05) is 13.1 Å². The van der Waals surface area contributed by atoms with Gasteiger partial charge in [0.15, 0.2) is 0 Å². The molecule has 0 bridgehead atoms. The normalized spacial score (nSPS) is 10.1. The highest BCUT2D eigenvalue weighted by molar-refractivity contribution is 6.32. The van der Waals surface area contributed by atoms with E-state index in [4.69, 9.17) is 0 Å². The van der Waals surface area contributed by atoms with Gasteiger partial charge < -0.3 is 0 Å². The summed E-state index contributed by atoms with van der Waals surface area (Å²) in [6.45, 7) is 2.05. The average molecular weight is 181 g/mol. The molecule has 0 aliphatic rings. The van der Waals surface area contributed by atoms with Crippen LogP contribution in [0.15, 0.2) is 42.6 Å². The van der Waals surface area contributed by atoms with Gasteiger partial charge in [0.25, 0.3) is 0 Å². The zero-order chi connectivity index (χ0) is 9.97. The maximum atomic E-state index is 4.38. The highest BCUT2D eigenvalue weighted by Crippen LogP contribution is 2.14. The van der Waals surface area contributed by atoms with Crippen molar-refractivity contribution in [3.05, 3.63) is 48.2 Å². The van der Waals surface area contributed by atoms with Crippen molar-refractivity contribution in [1.82, 2.24) is 4.98 Å². The van der Waals surface area contributed by atoms with Gasteiger partial charge >= 0.3 is 0 Å². The highest BCUT2D eigenvalue weighted by atomic mass is 14.7. The van der Waals surface area contributed by atoms with Gasteiger partial charge in [0.2, 0.25) is 0 Å². The van der Waals surface area contributed by atoms with Crippen LogP contribution in [0.4, 0.5) is 0 Å². The molecular formula is C12H12BN. The number of aryl methyl sites for hydroxylation is 1. The Balaban J connectivity index is 2.40. The summed E-state index contributed by atoms with van der Waals surface area (Å²) in [4.78, 5) is 4.38. The molecule has 0 aliphatic heterocycles. The van der Waals surface area contributed by atoms with Crippen molar-refractivity contribution in [3.8, 4) is 11.3 Å². The van der Waals surface area contributed by atoms with Crippen LogP contribution in [0.5, 0.6) is 0 Å². The molecule has 0 radical (unpaired) electrons. The van der Waals surface area contributed by atoms with Crippen LogP contribution in [0, 0.1) is 6.92 Å². The fourth-order valence-electron chi connectivity index (χ4n) is 1.36. The molecule has 0 fully saturated rings. The van der Waals surface area contributed by atoms with Crippen molar-refractivity contribution in [2.45, 2.75) is 6.92 Å². The summed E-state index contributed by atoms with van der Waals surface area (Å²) in [5, 5.41) is 0. The van der Waals surface area contributed by atoms with Crippen molar-refractivity contribution in [1.29, 1.82) is 0 Å². The first kappa shape index (κ1) is 9.01. The molecule has 68 valence electrons. The van der Waals surface area contributed by atoms with Gasteiger partial charge in [0.1, 0.15) is 7.85 Å². The molecule has 0 N–H and O–H groups in total. The zero-order valence-electron chi connectivity index (χ0n) is 8.49. The van der Waals surface area contributed by atoms with Crippen LogP contribution in [-0.2, 0) is 0 Å². The molecule has 0 atom stereocenters. The summed E-state index contributed by atoms with van der Waals surface area (Å²) < 4.78 is 0. The molecule has 0 saturated heterocycles. The van der Waals surface area contributed by atoms with Crippen LogP contribution >= 0.6 is 0 Å². The second kappa shape index (κ2) is 3.66. The zero-order valence-corrected chi connectivity index (χ0v) is 8.49. The molecule has 2 rings (SSSR count). The van der Waals surface area contributed by atoms with Crippen molar-refractivity contribution in [2.75, 3.05) is 0 Å². The molecule has 1 nitrogen and oxygen atoms in total. The van der Waals surface area contributed by atoms with E-state index in [0.29, 0.717) is 0 Å². The predicted molar refractivity (Wildman–Crippen MR) is 62.6 cm³/mol. The molecular weight excluding hydrogens is 169 g/mol. The standard InChI is InChI=1S/C12H12BN/c1-9-2-7-12(14-8-9)10-3-5-11(13)6-4-10/h2-8H,13H2,1H3. The van der Waals surface area contributed by atoms with Gasteiger partial charge in [-0.05, 0) is 18.6 Å². The van der Waals surface area contributed by atoms with Gasteiger partial charge in [-0.25, -0.2) is 0 Å². The fraction of sp³-hybridized carbons (Fsp3) is 0.0833. The Morgan fingerprint density at radius 2 is 1.71 bits per heavy atom. The monoisotopic (exact) mass is 181 g/mol. The molecule has 1 heterocycles. The molecule has 1 aromatic heterocycles. The van der Waals surface area contributed by atoms with Crippen LogP contribution in [0.3, 0.4) is 0 Å². The van der Waals surface area contributed by atoms with E-state index >= 15 is 0 Å². The second-order valence-corrected chi connectivity index (χ2v) is 3.59. The second-order valence-electron chi connectivity index (χ2n) is 3.59. The molecule has 0 amide bonds. The third-order valence-electron chi connectivity index (χ3n) is 2.26. The number of hydrogen-bond donors (Lipinski definition) is 0. The van der Waals surface area contributed by atoms with Crippen LogP contribution < -0.4 is 5.46 Å². The lowest BCUT2D eigenvalue weighted by Crippen LogP contribution is -1.99. The van der Waals surface area contributed by atoms with Crippen molar-refractivity contribution in [3.63, 3.8) is 0 Å². The van der Waals surface area contributed by atoms with E-state index in [0.717, 1.165) is 5.69 Å². The fourth-order valence-corrected chi connectivity index (χ4v) is 1.36. The first-order valence-corrected chi connectivity index (χ1v) is 4.75. The molecule has 0 aliphatic carbocycles. The summed E-state index contributed by atoms with van der Waals surface area (Å²) in [6.07, 6.45) is 1.90. The number of rotatable bonds is 1. The summed E-state index contributed by atoms with van der Waals surface area (Å²) in [7, 11) is 2.09. The van der Waals surface area contributed by atoms with E-state index < -0.39 is 0 Å². The van der Waals surface area contributed by atoms with Gasteiger partial charge in [-0.2, -0.15) is 0 Å². The quantitative estimate of drug-likeness (QED) is 0.604. The minimum absolute atomic E-state index is 1.04. The molecule has 2 heteroatoms. The number of nitrogens with zero attached hydrogens (tertiary/aromatic N) is 1. The van der Waals surface area contributed by atoms with E-state index in [1.54, 1.807) is 0 Å². The Bertz CT molecular complexity index is 374. The van der Waals surface area contributed by atoms with Gasteiger partial charge in [-0.3, -0.25) is 4.98 Å². The maximum absolute atomic E-state index is 4.38. The first-order valence-electron chi connectivity index (χ1n) is 4.75. The van der Waals surface area contributed by atoms with Crippen molar-refractivity contribution in [2.24, 2.45) is 0 Å². The van der Waals surface area contributed by atoms with Crippen LogP contribution in [0.1, 0.15) is 5.56 Å². The molecule has 0 spiro atoms. The first-order chi connectivity index (χ1) is 6.75. The number of aromatic nitrogens is 1. The van der Waals surface area contributed by atoms with Crippen molar-refractivity contribution >= 4 is 13.3 Å². The van der Waals surface area contributed by atoms with E-state index in [-0.39, 0.29) is 0 Å². The van der Waals surface area contributed by atoms with Gasteiger partial charge in [0, 0.05) is 11.8 Å². The van der Waals surface area contributed by atoms with Crippen molar-refractivity contribution < 1.29 is 0 Å². The number of pyridine rings is 1. The smallest absolute Gasteiger partial charge is 0.139 e. The summed E-state index contributed by atoms with van der Waals surface area (Å²) >= 11 is 0. The van der Waals surface area contributed by atoms with Crippen LogP contribution in [0.25, 0.3) is 11.3 Å². The van der Waals surface area contributed by atoms with E-state index in [9.17, 15) is 0 Å². The predicted octanol–water partition coefficient (Wildman–Crippen LogP) is 1.32. The van der Waals surface area contributed by atoms with Gasteiger partial charge in [0.05, 0.1) is 5.69 Å². The summed E-state index contributed by atoms with van der Waals surface area (Å²) in [6, 6.07) is 12.6. The Labute approximate surface area is 85.2 Å². The summed E-state index contributed by atoms with van der Waals surface area (Å²) in [5.74, 6) is 0. The third-order valence-corrected chi connectivity index (χ3v) is 2.26. The van der Waals surface area contributed by atoms with Crippen LogP contribution in [0.2, 0.25) is 0 Å². The lowest BCUT2D eigenvalue weighted by atomic mass is 9.95. The van der Waals surface area contributed by atoms with E-state index in [2.05, 4.69) is 49.2 Å². The Morgan fingerprint density at radius 1 is 1.00 bits per heavy atom. The van der Waals surface area contributed by atoms with Gasteiger partial charge in [-0.15, -0.1) is 0 Å². The maximum Gasteiger partial charge on any atom is 0.139 e. The lowest BCUT2D eigenvalue weighted by molar-refractivity contribution is 1.27. The summed E-state index contributed by atoms with van der Waals surface area (Å²) in [5.41, 5.74) is 4.69. The minimum atomic E-state index is 1.04. The van der Waals surface area contributed by atoms with E-state index in [1.165, 1.54) is 16.6 Å². The highest BCUT2D eigenvalue weighted by Gasteiger charge is 1.97. The lowest BCUT2D eigenvalue weighted by Gasteiger charge is -2.01. The Hall–Kier alpha value is -1.57. The average Bonchev–Trinajstić information content (AvgIpc) is 2.21. The van der Waals surface area contributed by atoms with Gasteiger partial charge in [-0.1, -0.05) is 35.8 Å². The van der Waals surface area contributed by atoms with Crippen LogP contribution in [-0.4, -0.2) is 12.8 Å². The molecule has 2 aromatic rings. The largest absolute Gasteiger partial charge is 0.256 e. The SMILES string of the molecule is Bc1ccc(-c2ccc(C)cn2)cc1. The molecule has 0 saturated carbocycles. The number of benzene rings is 1. The molecule has 14 heavy (non-hydrogen) atoms. The minimum Gasteiger partial charge on any atom is -0.256 e. The topological polar surface area (TPSA) is 12.9 Å². The number of hydrogen-bond acceptors (Lipinski definition) is 1. The Morgan fingerprint density at radius 3 is 2.29 bits per heavy atom. The molecule has 0 unspecified atom stereocenters. The Kier molecular flexibility index (Phi) is 2.36. The molecule has 1 aromatic carbocycles. The third kappa shape index (κ3) is 1.85.